The van der Waals surface area contributed by atoms with Gasteiger partial charge in [0.25, 0.3) is 5.91 Å². The number of hydrogen-bond donors (Lipinski definition) is 3. The molecule has 0 aliphatic rings. The van der Waals surface area contributed by atoms with E-state index >= 15 is 0 Å². The van der Waals surface area contributed by atoms with E-state index < -0.39 is 17.9 Å². The number of nitrogens with one attached hydrogen (secondary N) is 2. The van der Waals surface area contributed by atoms with Crippen LogP contribution >= 0.6 is 11.8 Å². The Morgan fingerprint density at radius 1 is 1.47 bits per heavy atom. The summed E-state index contributed by atoms with van der Waals surface area (Å²) in [4.78, 5) is 36.7. The number of aliphatic carboxylic acids is 1. The van der Waals surface area contributed by atoms with E-state index in [-0.39, 0.29) is 11.1 Å². The first-order valence-electron chi connectivity index (χ1n) is 5.67. The maximum absolute atomic E-state index is 11.9. The molecule has 0 spiro atoms. The lowest BCUT2D eigenvalue weighted by molar-refractivity contribution is -0.139. The third kappa shape index (κ3) is 4.78. The van der Waals surface area contributed by atoms with Crippen LogP contribution in [0.15, 0.2) is 16.9 Å². The molecule has 0 aliphatic heterocycles. The number of rotatable bonds is 6. The van der Waals surface area contributed by atoms with Gasteiger partial charge in [0.2, 0.25) is 5.56 Å². The number of pyridine rings is 1. The van der Waals surface area contributed by atoms with Gasteiger partial charge in [0.1, 0.15) is 6.04 Å². The number of aromatic amines is 1. The second-order valence-corrected chi connectivity index (χ2v) is 5.05. The van der Waals surface area contributed by atoms with Gasteiger partial charge in [-0.1, -0.05) is 0 Å². The molecule has 1 aromatic heterocycles. The summed E-state index contributed by atoms with van der Waals surface area (Å²) < 4.78 is 0. The molecular formula is C12H16N2O4S. The number of carboxylic acid groups (broad SMARTS) is 1. The number of carbonyl (C=O) groups is 2. The van der Waals surface area contributed by atoms with Crippen LogP contribution in [0.25, 0.3) is 0 Å². The van der Waals surface area contributed by atoms with Gasteiger partial charge in [-0.15, -0.1) is 0 Å². The minimum Gasteiger partial charge on any atom is -0.480 e. The highest BCUT2D eigenvalue weighted by Crippen LogP contribution is 2.04. The molecule has 19 heavy (non-hydrogen) atoms. The molecule has 0 bridgehead atoms. The molecule has 0 aromatic carbocycles. The van der Waals surface area contributed by atoms with Gasteiger partial charge in [-0.2, -0.15) is 11.8 Å². The van der Waals surface area contributed by atoms with Crippen LogP contribution in [-0.4, -0.2) is 40.0 Å². The standard InChI is InChI=1S/C12H16N2O4S/c1-7-5-8(6-10(15)13-7)11(16)14-9(12(17)18)3-4-19-2/h5-6,9H,3-4H2,1-2H3,(H,13,15)(H,14,16)(H,17,18). The number of carbonyl (C=O) groups excluding carboxylic acids is 1. The zero-order valence-corrected chi connectivity index (χ0v) is 11.5. The van der Waals surface area contributed by atoms with Crippen molar-refractivity contribution in [2.45, 2.75) is 19.4 Å². The number of H-pyrrole nitrogens is 1. The second kappa shape index (κ2) is 6.98. The Balaban J connectivity index is 2.81. The van der Waals surface area contributed by atoms with E-state index in [0.29, 0.717) is 17.9 Å². The molecular weight excluding hydrogens is 268 g/mol. The smallest absolute Gasteiger partial charge is 0.326 e. The Hall–Kier alpha value is -1.76. The molecule has 1 unspecified atom stereocenters. The SMILES string of the molecule is CSCCC(NC(=O)c1cc(C)[nH]c(=O)c1)C(=O)O. The van der Waals surface area contributed by atoms with Gasteiger partial charge in [-0.05, 0) is 31.4 Å². The van der Waals surface area contributed by atoms with Crippen molar-refractivity contribution in [3.63, 3.8) is 0 Å². The molecule has 1 atom stereocenters. The lowest BCUT2D eigenvalue weighted by Crippen LogP contribution is -2.41. The van der Waals surface area contributed by atoms with Crippen LogP contribution in [0.4, 0.5) is 0 Å². The van der Waals surface area contributed by atoms with E-state index in [4.69, 9.17) is 5.11 Å². The minimum atomic E-state index is -1.08. The monoisotopic (exact) mass is 284 g/mol. The van der Waals surface area contributed by atoms with Crippen LogP contribution in [0.3, 0.4) is 0 Å². The topological polar surface area (TPSA) is 99.3 Å². The van der Waals surface area contributed by atoms with Gasteiger partial charge < -0.3 is 15.4 Å². The molecule has 0 saturated heterocycles. The fourth-order valence-electron chi connectivity index (χ4n) is 1.55. The van der Waals surface area contributed by atoms with Crippen molar-refractivity contribution in [3.8, 4) is 0 Å². The Kier molecular flexibility index (Phi) is 5.62. The maximum atomic E-state index is 11.9. The van der Waals surface area contributed by atoms with Crippen LogP contribution in [0.2, 0.25) is 0 Å². The van der Waals surface area contributed by atoms with Gasteiger partial charge in [0, 0.05) is 17.3 Å². The lowest BCUT2D eigenvalue weighted by Gasteiger charge is -2.13. The average Bonchev–Trinajstić information content (AvgIpc) is 2.32. The average molecular weight is 284 g/mol. The molecule has 3 N–H and O–H groups in total. The van der Waals surface area contributed by atoms with E-state index in [1.807, 2.05) is 6.26 Å². The molecule has 0 saturated carbocycles. The summed E-state index contributed by atoms with van der Waals surface area (Å²) in [5.74, 6) is -1.00. The zero-order chi connectivity index (χ0) is 14.4. The van der Waals surface area contributed by atoms with E-state index in [0.717, 1.165) is 6.07 Å². The van der Waals surface area contributed by atoms with Crippen LogP contribution in [0, 0.1) is 6.92 Å². The fourth-order valence-corrected chi connectivity index (χ4v) is 2.02. The Morgan fingerprint density at radius 2 is 2.16 bits per heavy atom. The van der Waals surface area contributed by atoms with Crippen molar-refractivity contribution in [1.82, 2.24) is 10.3 Å². The maximum Gasteiger partial charge on any atom is 0.326 e. The van der Waals surface area contributed by atoms with Crippen molar-refractivity contribution in [3.05, 3.63) is 33.7 Å². The number of thioether (sulfide) groups is 1. The Morgan fingerprint density at radius 3 is 2.68 bits per heavy atom. The normalized spacial score (nSPS) is 11.9. The molecule has 1 aromatic rings. The molecule has 0 aliphatic carbocycles. The highest BCUT2D eigenvalue weighted by atomic mass is 32.2. The number of hydrogen-bond acceptors (Lipinski definition) is 4. The van der Waals surface area contributed by atoms with E-state index in [2.05, 4.69) is 10.3 Å². The van der Waals surface area contributed by atoms with Crippen molar-refractivity contribution >= 4 is 23.6 Å². The first-order valence-corrected chi connectivity index (χ1v) is 7.07. The third-order valence-corrected chi connectivity index (χ3v) is 3.10. The first kappa shape index (κ1) is 15.3. The lowest BCUT2D eigenvalue weighted by atomic mass is 10.2. The zero-order valence-electron chi connectivity index (χ0n) is 10.7. The van der Waals surface area contributed by atoms with Gasteiger partial charge in [-0.25, -0.2) is 4.79 Å². The van der Waals surface area contributed by atoms with Crippen LogP contribution < -0.4 is 10.9 Å². The second-order valence-electron chi connectivity index (χ2n) is 4.06. The Bertz CT molecular complexity index is 527. The Labute approximate surface area is 114 Å². The summed E-state index contributed by atoms with van der Waals surface area (Å²) in [6, 6.07) is 1.71. The minimum absolute atomic E-state index is 0.164. The quantitative estimate of drug-likeness (QED) is 0.711. The van der Waals surface area contributed by atoms with Crippen molar-refractivity contribution < 1.29 is 14.7 Å². The summed E-state index contributed by atoms with van der Waals surface area (Å²) in [5, 5.41) is 11.4. The van der Waals surface area contributed by atoms with Gasteiger partial charge >= 0.3 is 5.97 Å². The summed E-state index contributed by atoms with van der Waals surface area (Å²) in [6.07, 6.45) is 2.20. The summed E-state index contributed by atoms with van der Waals surface area (Å²) in [5.41, 5.74) is 0.325. The summed E-state index contributed by atoms with van der Waals surface area (Å²) in [6.45, 7) is 1.65. The third-order valence-electron chi connectivity index (χ3n) is 2.46. The molecule has 104 valence electrons. The molecule has 0 radical (unpaired) electrons. The van der Waals surface area contributed by atoms with E-state index in [9.17, 15) is 14.4 Å². The summed E-state index contributed by atoms with van der Waals surface area (Å²) >= 11 is 1.51. The molecule has 1 amide bonds. The van der Waals surface area contributed by atoms with Gasteiger partial charge in [-0.3, -0.25) is 9.59 Å². The fraction of sp³-hybridized carbons (Fsp3) is 0.417. The molecule has 1 rings (SSSR count). The largest absolute Gasteiger partial charge is 0.480 e. The molecule has 0 fully saturated rings. The van der Waals surface area contributed by atoms with Crippen molar-refractivity contribution in [2.24, 2.45) is 0 Å². The van der Waals surface area contributed by atoms with Gasteiger partial charge in [0.05, 0.1) is 0 Å². The highest BCUT2D eigenvalue weighted by molar-refractivity contribution is 7.98. The van der Waals surface area contributed by atoms with Crippen LogP contribution in [0.1, 0.15) is 22.5 Å². The number of aryl methyl sites for hydroxylation is 1. The van der Waals surface area contributed by atoms with Crippen molar-refractivity contribution in [1.29, 1.82) is 0 Å². The predicted molar refractivity (Wildman–Crippen MR) is 73.7 cm³/mol. The van der Waals surface area contributed by atoms with E-state index in [1.165, 1.54) is 17.8 Å². The molecule has 1 heterocycles. The highest BCUT2D eigenvalue weighted by Gasteiger charge is 2.20. The molecule has 7 heteroatoms. The molecule has 6 nitrogen and oxygen atoms in total. The number of amides is 1. The van der Waals surface area contributed by atoms with Gasteiger partial charge in [0.15, 0.2) is 0 Å². The first-order chi connectivity index (χ1) is 8.93. The predicted octanol–water partition coefficient (Wildman–Crippen LogP) is 0.619. The summed E-state index contributed by atoms with van der Waals surface area (Å²) in [7, 11) is 0. The van der Waals surface area contributed by atoms with Crippen LogP contribution in [-0.2, 0) is 4.79 Å². The van der Waals surface area contributed by atoms with Crippen LogP contribution in [0.5, 0.6) is 0 Å². The van der Waals surface area contributed by atoms with Crippen molar-refractivity contribution in [2.75, 3.05) is 12.0 Å². The van der Waals surface area contributed by atoms with E-state index in [1.54, 1.807) is 6.92 Å². The number of aromatic nitrogens is 1. The number of carboxylic acids is 1.